The van der Waals surface area contributed by atoms with E-state index >= 15 is 0 Å². The third kappa shape index (κ3) is 2.29. The quantitative estimate of drug-likeness (QED) is 0.845. The highest BCUT2D eigenvalue weighted by atomic mass is 32.1. The van der Waals surface area contributed by atoms with Gasteiger partial charge in [-0.25, -0.2) is 0 Å². The summed E-state index contributed by atoms with van der Waals surface area (Å²) >= 11 is 1.32. The lowest BCUT2D eigenvalue weighted by molar-refractivity contribution is 0.847. The smallest absolute Gasteiger partial charge is 0.281 e. The molecule has 0 saturated heterocycles. The van der Waals surface area contributed by atoms with Crippen LogP contribution in [0.4, 0.5) is 5.00 Å². The van der Waals surface area contributed by atoms with E-state index < -0.39 is 0 Å². The molecule has 1 aromatic carbocycles. The second kappa shape index (κ2) is 5.07. The van der Waals surface area contributed by atoms with E-state index in [1.807, 2.05) is 50.5 Å². The summed E-state index contributed by atoms with van der Waals surface area (Å²) in [5.41, 5.74) is 1.06. The van der Waals surface area contributed by atoms with Crippen molar-refractivity contribution in [1.29, 1.82) is 5.26 Å². The average Bonchev–Trinajstić information content (AvgIpc) is 2.68. The van der Waals surface area contributed by atoms with Crippen LogP contribution in [-0.4, -0.2) is 18.1 Å². The summed E-state index contributed by atoms with van der Waals surface area (Å²) in [6.45, 7) is 0.507. The first-order valence-electron chi connectivity index (χ1n) is 5.49. The van der Waals surface area contributed by atoms with Gasteiger partial charge < -0.3 is 4.90 Å². The Morgan fingerprint density at radius 1 is 1.33 bits per heavy atom. The number of anilines is 1. The summed E-state index contributed by atoms with van der Waals surface area (Å²) in [6.07, 6.45) is 0. The van der Waals surface area contributed by atoms with Crippen LogP contribution in [0.2, 0.25) is 0 Å². The second-order valence-electron chi connectivity index (χ2n) is 4.11. The molecular formula is C13H13N3OS. The Balaban J connectivity index is 2.42. The van der Waals surface area contributed by atoms with E-state index in [0.717, 1.165) is 5.56 Å². The molecule has 18 heavy (non-hydrogen) atoms. The van der Waals surface area contributed by atoms with Gasteiger partial charge in [-0.1, -0.05) is 30.3 Å². The maximum absolute atomic E-state index is 12.1. The molecule has 2 rings (SSSR count). The predicted octanol–water partition coefficient (Wildman–Crippen LogP) is 1.90. The van der Waals surface area contributed by atoms with Crippen molar-refractivity contribution in [3.63, 3.8) is 0 Å². The number of rotatable bonds is 3. The number of nitrogens with zero attached hydrogens (tertiary/aromatic N) is 3. The summed E-state index contributed by atoms with van der Waals surface area (Å²) in [7, 11) is 3.66. The summed E-state index contributed by atoms with van der Waals surface area (Å²) in [6, 6.07) is 11.7. The molecule has 4 nitrogen and oxygen atoms in total. The molecule has 0 saturated carbocycles. The largest absolute Gasteiger partial charge is 0.367 e. The first kappa shape index (κ1) is 12.4. The zero-order valence-electron chi connectivity index (χ0n) is 10.3. The molecule has 0 aliphatic heterocycles. The average molecular weight is 259 g/mol. The highest BCUT2D eigenvalue weighted by molar-refractivity contribution is 7.11. The minimum Gasteiger partial charge on any atom is -0.367 e. The first-order chi connectivity index (χ1) is 8.63. The molecule has 0 aliphatic carbocycles. The van der Waals surface area contributed by atoms with Crippen molar-refractivity contribution in [2.75, 3.05) is 19.0 Å². The van der Waals surface area contributed by atoms with Crippen molar-refractivity contribution in [2.24, 2.45) is 0 Å². The number of hydrogen-bond donors (Lipinski definition) is 0. The molecule has 0 amide bonds. The van der Waals surface area contributed by atoms with Crippen LogP contribution in [0.25, 0.3) is 0 Å². The van der Waals surface area contributed by atoms with Gasteiger partial charge in [0.25, 0.3) is 5.56 Å². The molecular weight excluding hydrogens is 246 g/mol. The van der Waals surface area contributed by atoms with E-state index in [9.17, 15) is 4.79 Å². The van der Waals surface area contributed by atoms with Crippen LogP contribution in [0.15, 0.2) is 35.1 Å². The van der Waals surface area contributed by atoms with Crippen LogP contribution in [0, 0.1) is 11.3 Å². The fraction of sp³-hybridized carbons (Fsp3) is 0.231. The molecule has 0 aliphatic rings. The zero-order chi connectivity index (χ0) is 13.1. The number of hydrogen-bond acceptors (Lipinski definition) is 4. The molecule has 0 bridgehead atoms. The van der Waals surface area contributed by atoms with Gasteiger partial charge in [-0.3, -0.25) is 8.75 Å². The zero-order valence-corrected chi connectivity index (χ0v) is 11.1. The van der Waals surface area contributed by atoms with Gasteiger partial charge in [0.1, 0.15) is 11.1 Å². The SMILES string of the molecule is CN(C)c1sn(Cc2ccccc2)c(=O)c1C#N. The Kier molecular flexibility index (Phi) is 3.49. The first-order valence-corrected chi connectivity index (χ1v) is 6.26. The molecule has 5 heteroatoms. The van der Waals surface area contributed by atoms with E-state index in [4.69, 9.17) is 5.26 Å². The van der Waals surface area contributed by atoms with E-state index in [0.29, 0.717) is 11.5 Å². The number of benzene rings is 1. The van der Waals surface area contributed by atoms with Crippen molar-refractivity contribution in [3.05, 3.63) is 51.8 Å². The number of aromatic nitrogens is 1. The molecule has 1 heterocycles. The Morgan fingerprint density at radius 3 is 2.50 bits per heavy atom. The van der Waals surface area contributed by atoms with Gasteiger partial charge in [0.2, 0.25) is 0 Å². The van der Waals surface area contributed by atoms with E-state index in [1.54, 1.807) is 8.86 Å². The van der Waals surface area contributed by atoms with Gasteiger partial charge in [0.15, 0.2) is 5.56 Å². The van der Waals surface area contributed by atoms with Gasteiger partial charge >= 0.3 is 0 Å². The Labute approximate surface area is 109 Å². The van der Waals surface area contributed by atoms with E-state index in [1.165, 1.54) is 11.5 Å². The normalized spacial score (nSPS) is 10.1. The molecule has 1 aromatic heterocycles. The van der Waals surface area contributed by atoms with Crippen molar-refractivity contribution in [2.45, 2.75) is 6.54 Å². The fourth-order valence-electron chi connectivity index (χ4n) is 1.66. The van der Waals surface area contributed by atoms with Crippen LogP contribution in [0.3, 0.4) is 0 Å². The molecule has 0 unspecified atom stereocenters. The highest BCUT2D eigenvalue weighted by Gasteiger charge is 2.16. The third-order valence-corrected chi connectivity index (χ3v) is 3.80. The van der Waals surface area contributed by atoms with Crippen molar-refractivity contribution in [3.8, 4) is 6.07 Å². The standard InChI is InChI=1S/C13H13N3OS/c1-15(2)13-11(8-14)12(17)16(18-13)9-10-6-4-3-5-7-10/h3-7H,9H2,1-2H3. The summed E-state index contributed by atoms with van der Waals surface area (Å²) in [4.78, 5) is 13.9. The topological polar surface area (TPSA) is 49.0 Å². The lowest BCUT2D eigenvalue weighted by atomic mass is 10.2. The van der Waals surface area contributed by atoms with Gasteiger partial charge in [-0.15, -0.1) is 0 Å². The second-order valence-corrected chi connectivity index (χ2v) is 5.12. The van der Waals surface area contributed by atoms with Crippen LogP contribution in [0.5, 0.6) is 0 Å². The summed E-state index contributed by atoms with van der Waals surface area (Å²) < 4.78 is 1.61. The van der Waals surface area contributed by atoms with Crippen LogP contribution >= 0.6 is 11.5 Å². The van der Waals surface area contributed by atoms with Gasteiger partial charge in [-0.2, -0.15) is 5.26 Å². The minimum absolute atomic E-state index is 0.213. The van der Waals surface area contributed by atoms with Crippen molar-refractivity contribution < 1.29 is 0 Å². The van der Waals surface area contributed by atoms with Crippen LogP contribution in [0.1, 0.15) is 11.1 Å². The van der Waals surface area contributed by atoms with E-state index in [-0.39, 0.29) is 11.1 Å². The molecule has 0 atom stereocenters. The minimum atomic E-state index is -0.213. The molecule has 92 valence electrons. The van der Waals surface area contributed by atoms with Gasteiger partial charge in [-0.05, 0) is 17.1 Å². The fourth-order valence-corrected chi connectivity index (χ4v) is 2.65. The maximum Gasteiger partial charge on any atom is 0.281 e. The predicted molar refractivity (Wildman–Crippen MR) is 73.2 cm³/mol. The van der Waals surface area contributed by atoms with Crippen molar-refractivity contribution >= 4 is 16.5 Å². The third-order valence-electron chi connectivity index (χ3n) is 2.54. The lowest BCUT2D eigenvalue weighted by Crippen LogP contribution is -2.16. The lowest BCUT2D eigenvalue weighted by Gasteiger charge is -2.07. The van der Waals surface area contributed by atoms with Crippen molar-refractivity contribution in [1.82, 2.24) is 3.96 Å². The summed E-state index contributed by atoms with van der Waals surface area (Å²) in [5.74, 6) is 0. The Bertz CT molecular complexity index is 634. The molecule has 0 radical (unpaired) electrons. The van der Waals surface area contributed by atoms with Crippen LogP contribution in [-0.2, 0) is 6.54 Å². The maximum atomic E-state index is 12.1. The monoisotopic (exact) mass is 259 g/mol. The van der Waals surface area contributed by atoms with E-state index in [2.05, 4.69) is 0 Å². The van der Waals surface area contributed by atoms with Gasteiger partial charge in [0, 0.05) is 14.1 Å². The van der Waals surface area contributed by atoms with Crippen LogP contribution < -0.4 is 10.5 Å². The molecule has 2 aromatic rings. The highest BCUT2D eigenvalue weighted by Crippen LogP contribution is 2.22. The van der Waals surface area contributed by atoms with Gasteiger partial charge in [0.05, 0.1) is 6.54 Å². The molecule has 0 spiro atoms. The number of nitriles is 1. The summed E-state index contributed by atoms with van der Waals surface area (Å²) in [5, 5.41) is 9.75. The Hall–Kier alpha value is -2.06. The Morgan fingerprint density at radius 2 is 2.00 bits per heavy atom. The molecule has 0 N–H and O–H groups in total. The molecule has 0 fully saturated rings.